The van der Waals surface area contributed by atoms with Crippen molar-refractivity contribution in [1.82, 2.24) is 0 Å². The van der Waals surface area contributed by atoms with Gasteiger partial charge in [0.25, 0.3) is 5.91 Å². The zero-order chi connectivity index (χ0) is 24.9. The molecule has 0 N–H and O–H groups in total. The average molecular weight is 519 g/mol. The van der Waals surface area contributed by atoms with E-state index < -0.39 is 41.6 Å². The van der Waals surface area contributed by atoms with Gasteiger partial charge in [-0.05, 0) is 72.5 Å². The lowest BCUT2D eigenvalue weighted by Crippen LogP contribution is -2.37. The van der Waals surface area contributed by atoms with Crippen molar-refractivity contribution in [3.05, 3.63) is 88.9 Å². The number of fused-ring (bicyclic) bond motifs is 1. The van der Waals surface area contributed by atoms with Gasteiger partial charge >= 0.3 is 6.18 Å². The molecule has 5 nitrogen and oxygen atoms in total. The summed E-state index contributed by atoms with van der Waals surface area (Å²) in [6.45, 7) is 0. The van der Waals surface area contributed by atoms with Crippen molar-refractivity contribution in [1.29, 1.82) is 0 Å². The lowest BCUT2D eigenvalue weighted by atomic mass is 9.90. The summed E-state index contributed by atoms with van der Waals surface area (Å²) in [5.41, 5.74) is 0.586. The number of rotatable bonds is 4. The van der Waals surface area contributed by atoms with Crippen molar-refractivity contribution in [2.24, 2.45) is 5.92 Å². The Morgan fingerprint density at radius 2 is 1.46 bits per heavy atom. The van der Waals surface area contributed by atoms with Crippen molar-refractivity contribution in [3.8, 4) is 0 Å². The van der Waals surface area contributed by atoms with Gasteiger partial charge in [0.05, 0.1) is 23.0 Å². The van der Waals surface area contributed by atoms with Crippen molar-refractivity contribution in [3.63, 3.8) is 0 Å². The summed E-state index contributed by atoms with van der Waals surface area (Å²) in [5.74, 6) is -2.04. The molecule has 3 aromatic rings. The Kier molecular flexibility index (Phi) is 6.03. The number of hydroxylamine groups is 1. The van der Waals surface area contributed by atoms with E-state index in [2.05, 4.69) is 0 Å². The summed E-state index contributed by atoms with van der Waals surface area (Å²) in [6, 6.07) is 17.7. The van der Waals surface area contributed by atoms with Crippen molar-refractivity contribution < 1.29 is 27.6 Å². The third-order valence-corrected chi connectivity index (χ3v) is 7.10. The van der Waals surface area contributed by atoms with Gasteiger partial charge in [-0.25, -0.2) is 9.96 Å². The smallest absolute Gasteiger partial charge is 0.273 e. The Balaban J connectivity index is 1.53. The minimum Gasteiger partial charge on any atom is -0.273 e. The fourth-order valence-electron chi connectivity index (χ4n) is 4.42. The van der Waals surface area contributed by atoms with Crippen LogP contribution in [0.15, 0.2) is 77.7 Å². The molecule has 2 heterocycles. The normalized spacial score (nSPS) is 22.1. The molecule has 0 radical (unpaired) electrons. The third-order valence-electron chi connectivity index (χ3n) is 6.11. The molecule has 0 saturated carbocycles. The van der Waals surface area contributed by atoms with E-state index in [4.69, 9.17) is 16.4 Å². The van der Waals surface area contributed by atoms with E-state index in [9.17, 15) is 22.8 Å². The molecule has 0 aromatic heterocycles. The number of carbonyl (C=O) groups excluding carboxylic acids is 2. The Morgan fingerprint density at radius 3 is 2.03 bits per heavy atom. The van der Waals surface area contributed by atoms with Gasteiger partial charge in [-0.15, -0.1) is 11.8 Å². The van der Waals surface area contributed by atoms with Gasteiger partial charge < -0.3 is 0 Å². The van der Waals surface area contributed by atoms with E-state index in [1.807, 2.05) is 30.5 Å². The van der Waals surface area contributed by atoms with Gasteiger partial charge in [0.1, 0.15) is 5.92 Å². The number of carbonyl (C=O) groups is 2. The second-order valence-corrected chi connectivity index (χ2v) is 9.44. The number of halogens is 4. The molecule has 2 fully saturated rings. The molecule has 0 spiro atoms. The van der Waals surface area contributed by atoms with Crippen molar-refractivity contribution >= 4 is 46.6 Å². The summed E-state index contributed by atoms with van der Waals surface area (Å²) in [7, 11) is 0. The van der Waals surface area contributed by atoms with Crippen LogP contribution >= 0.6 is 23.4 Å². The first-order valence-electron chi connectivity index (χ1n) is 10.6. The van der Waals surface area contributed by atoms with Gasteiger partial charge in [0.2, 0.25) is 5.91 Å². The van der Waals surface area contributed by atoms with E-state index in [1.54, 1.807) is 41.1 Å². The number of imide groups is 1. The van der Waals surface area contributed by atoms with Crippen LogP contribution in [0.3, 0.4) is 0 Å². The van der Waals surface area contributed by atoms with Crippen LogP contribution in [0.2, 0.25) is 5.02 Å². The highest BCUT2D eigenvalue weighted by Gasteiger charge is 2.60. The highest BCUT2D eigenvalue weighted by Crippen LogP contribution is 2.48. The van der Waals surface area contributed by atoms with Crippen molar-refractivity contribution in [2.75, 3.05) is 16.2 Å². The Bertz CT molecular complexity index is 1270. The molecular weight excluding hydrogens is 501 g/mol. The summed E-state index contributed by atoms with van der Waals surface area (Å²) in [5, 5.41) is 2.06. The molecule has 0 aliphatic carbocycles. The molecule has 2 saturated heterocycles. The van der Waals surface area contributed by atoms with Crippen LogP contribution in [0.4, 0.5) is 24.5 Å². The molecule has 5 rings (SSSR count). The number of amides is 2. The first-order valence-corrected chi connectivity index (χ1v) is 12.2. The van der Waals surface area contributed by atoms with E-state index in [1.165, 1.54) is 0 Å². The highest BCUT2D eigenvalue weighted by molar-refractivity contribution is 7.98. The Labute approximate surface area is 208 Å². The van der Waals surface area contributed by atoms with Crippen LogP contribution in [-0.2, 0) is 20.6 Å². The van der Waals surface area contributed by atoms with E-state index in [0.717, 1.165) is 39.6 Å². The largest absolute Gasteiger partial charge is 0.416 e. The molecule has 2 aliphatic rings. The molecule has 0 unspecified atom stereocenters. The average Bonchev–Trinajstić information content (AvgIpc) is 3.35. The maximum atomic E-state index is 13.6. The molecule has 3 aromatic carbocycles. The summed E-state index contributed by atoms with van der Waals surface area (Å²) >= 11 is 7.60. The van der Waals surface area contributed by atoms with E-state index >= 15 is 0 Å². The van der Waals surface area contributed by atoms with Crippen LogP contribution in [0.1, 0.15) is 17.2 Å². The van der Waals surface area contributed by atoms with Crippen LogP contribution in [0.25, 0.3) is 0 Å². The fourth-order valence-corrected chi connectivity index (χ4v) is 4.95. The molecule has 180 valence electrons. The van der Waals surface area contributed by atoms with Crippen molar-refractivity contribution in [2.45, 2.75) is 23.2 Å². The number of alkyl halides is 3. The van der Waals surface area contributed by atoms with Crippen LogP contribution < -0.4 is 9.96 Å². The molecule has 35 heavy (non-hydrogen) atoms. The molecule has 2 amide bonds. The van der Waals surface area contributed by atoms with Crippen LogP contribution in [0, 0.1) is 5.92 Å². The number of hydrogen-bond donors (Lipinski definition) is 0. The fraction of sp³-hybridized carbons (Fsp3) is 0.200. The third kappa shape index (κ3) is 4.17. The van der Waals surface area contributed by atoms with Gasteiger partial charge in [0, 0.05) is 9.92 Å². The molecule has 2 aliphatic heterocycles. The summed E-state index contributed by atoms with van der Waals surface area (Å²) in [4.78, 5) is 34.8. The predicted octanol–water partition coefficient (Wildman–Crippen LogP) is 6.13. The summed E-state index contributed by atoms with van der Waals surface area (Å²) < 4.78 is 38.9. The quantitative estimate of drug-likeness (QED) is 0.307. The Hall–Kier alpha value is -3.01. The molecule has 0 bridgehead atoms. The molecular formula is C25H18ClF3N2O3S. The summed E-state index contributed by atoms with van der Waals surface area (Å²) in [6.07, 6.45) is -3.69. The van der Waals surface area contributed by atoms with Gasteiger partial charge in [-0.2, -0.15) is 13.2 Å². The Morgan fingerprint density at radius 1 is 0.857 bits per heavy atom. The van der Waals surface area contributed by atoms with Gasteiger partial charge in [-0.3, -0.25) is 14.4 Å². The monoisotopic (exact) mass is 518 g/mol. The zero-order valence-electron chi connectivity index (χ0n) is 18.2. The topological polar surface area (TPSA) is 49.9 Å². The maximum absolute atomic E-state index is 13.6. The standard InChI is InChI=1S/C25H18ClF3N2O3S/c1-35-19-12-2-14(3-13-19)21-20-22(34-31(21)18-10-6-16(26)7-11-18)24(33)30(23(20)32)17-8-4-15(5-9-17)25(27,28)29/h2-13,20-22H,1H3/t20-,21+,22+/m0/s1. The number of hydrogen-bond acceptors (Lipinski definition) is 5. The minimum absolute atomic E-state index is 0.0699. The maximum Gasteiger partial charge on any atom is 0.416 e. The second kappa shape index (κ2) is 8.89. The number of anilines is 2. The first-order chi connectivity index (χ1) is 16.7. The van der Waals surface area contributed by atoms with Gasteiger partial charge in [-0.1, -0.05) is 23.7 Å². The second-order valence-electron chi connectivity index (χ2n) is 8.13. The van der Waals surface area contributed by atoms with E-state index in [0.29, 0.717) is 10.7 Å². The molecule has 3 atom stereocenters. The van der Waals surface area contributed by atoms with Crippen LogP contribution in [0.5, 0.6) is 0 Å². The van der Waals surface area contributed by atoms with Gasteiger partial charge in [0.15, 0.2) is 6.10 Å². The number of nitrogens with zero attached hydrogens (tertiary/aromatic N) is 2. The highest BCUT2D eigenvalue weighted by atomic mass is 35.5. The van der Waals surface area contributed by atoms with Crippen LogP contribution in [-0.4, -0.2) is 24.2 Å². The number of benzene rings is 3. The predicted molar refractivity (Wildman–Crippen MR) is 127 cm³/mol. The SMILES string of the molecule is CSc1ccc([C@@H]2[C@@H]3C(=O)N(c4ccc(C(F)(F)F)cc4)C(=O)[C@@H]3ON2c2ccc(Cl)cc2)cc1. The first kappa shape index (κ1) is 23.7. The molecule has 10 heteroatoms. The minimum atomic E-state index is -4.52. The number of thioether (sulfide) groups is 1. The zero-order valence-corrected chi connectivity index (χ0v) is 19.8. The lowest BCUT2D eigenvalue weighted by Gasteiger charge is -2.29. The van der Waals surface area contributed by atoms with E-state index in [-0.39, 0.29) is 5.69 Å². The lowest BCUT2D eigenvalue weighted by molar-refractivity contribution is -0.137.